The normalized spacial score (nSPS) is 15.9. The minimum atomic E-state index is -3.82. The summed E-state index contributed by atoms with van der Waals surface area (Å²) in [6.45, 7) is -0.485. The number of sulfonamides is 1. The Labute approximate surface area is 157 Å². The van der Waals surface area contributed by atoms with Crippen molar-refractivity contribution in [2.24, 2.45) is 0 Å². The second-order valence-electron chi connectivity index (χ2n) is 5.90. The topological polar surface area (TPSA) is 92.8 Å². The molecule has 2 aromatic carbocycles. The molecule has 0 bridgehead atoms. The first-order valence-corrected chi connectivity index (χ1v) is 9.77. The number of carbonyl (C=O) groups is 2. The number of nitrogens with one attached hydrogen (secondary N) is 1. The van der Waals surface area contributed by atoms with E-state index in [1.54, 1.807) is 54.6 Å². The van der Waals surface area contributed by atoms with Gasteiger partial charge in [0.05, 0.1) is 12.6 Å². The SMILES string of the molecule is O=C1COC(=O)N1C[C@@H](NS(=O)(=O)/C=C/c1ccccc1)c1ccccc1. The number of cyclic esters (lactones) is 1. The highest BCUT2D eigenvalue weighted by molar-refractivity contribution is 7.92. The summed E-state index contributed by atoms with van der Waals surface area (Å²) in [4.78, 5) is 24.4. The van der Waals surface area contributed by atoms with Crippen LogP contribution >= 0.6 is 0 Å². The fourth-order valence-electron chi connectivity index (χ4n) is 2.61. The van der Waals surface area contributed by atoms with Gasteiger partial charge in [-0.1, -0.05) is 60.7 Å². The summed E-state index contributed by atoms with van der Waals surface area (Å²) >= 11 is 0. The molecule has 0 spiro atoms. The Morgan fingerprint density at radius 1 is 1.04 bits per heavy atom. The van der Waals surface area contributed by atoms with Gasteiger partial charge in [0.2, 0.25) is 10.0 Å². The van der Waals surface area contributed by atoms with Gasteiger partial charge in [-0.15, -0.1) is 0 Å². The van der Waals surface area contributed by atoms with Crippen molar-refractivity contribution < 1.29 is 22.7 Å². The molecule has 27 heavy (non-hydrogen) atoms. The molecule has 1 N–H and O–H groups in total. The van der Waals surface area contributed by atoms with Gasteiger partial charge >= 0.3 is 6.09 Å². The fraction of sp³-hybridized carbons (Fsp3) is 0.158. The lowest BCUT2D eigenvalue weighted by Gasteiger charge is -2.22. The molecule has 0 saturated carbocycles. The van der Waals surface area contributed by atoms with E-state index >= 15 is 0 Å². The monoisotopic (exact) mass is 386 g/mol. The van der Waals surface area contributed by atoms with Crippen LogP contribution in [0.4, 0.5) is 4.79 Å². The lowest BCUT2D eigenvalue weighted by molar-refractivity contribution is -0.126. The molecule has 3 rings (SSSR count). The molecule has 0 unspecified atom stereocenters. The molecule has 1 fully saturated rings. The van der Waals surface area contributed by atoms with Crippen molar-refractivity contribution in [3.05, 3.63) is 77.2 Å². The summed E-state index contributed by atoms with van der Waals surface area (Å²) in [5.74, 6) is -0.500. The Morgan fingerprint density at radius 2 is 1.67 bits per heavy atom. The van der Waals surface area contributed by atoms with Gasteiger partial charge in [0.15, 0.2) is 6.61 Å². The van der Waals surface area contributed by atoms with Crippen LogP contribution in [-0.4, -0.2) is 38.5 Å². The van der Waals surface area contributed by atoms with Gasteiger partial charge in [0.25, 0.3) is 5.91 Å². The highest BCUT2D eigenvalue weighted by atomic mass is 32.2. The zero-order valence-electron chi connectivity index (χ0n) is 14.3. The van der Waals surface area contributed by atoms with Crippen LogP contribution in [0.2, 0.25) is 0 Å². The summed E-state index contributed by atoms with van der Waals surface area (Å²) in [5, 5.41) is 1.06. The molecule has 0 aliphatic carbocycles. The Morgan fingerprint density at radius 3 is 2.26 bits per heavy atom. The van der Waals surface area contributed by atoms with Gasteiger partial charge in [0.1, 0.15) is 0 Å². The van der Waals surface area contributed by atoms with E-state index in [9.17, 15) is 18.0 Å². The third-order valence-corrected chi connectivity index (χ3v) is 5.06. The lowest BCUT2D eigenvalue weighted by atomic mass is 10.1. The zero-order valence-corrected chi connectivity index (χ0v) is 15.1. The summed E-state index contributed by atoms with van der Waals surface area (Å²) < 4.78 is 32.2. The molecule has 1 heterocycles. The largest absolute Gasteiger partial charge is 0.439 e. The third-order valence-electron chi connectivity index (χ3n) is 3.95. The fourth-order valence-corrected chi connectivity index (χ4v) is 3.63. The molecule has 2 aromatic rings. The van der Waals surface area contributed by atoms with Gasteiger partial charge in [-0.2, -0.15) is 0 Å². The molecule has 1 aliphatic heterocycles. The maximum absolute atomic E-state index is 12.5. The number of hydrogen-bond donors (Lipinski definition) is 1. The Balaban J connectivity index is 1.81. The average molecular weight is 386 g/mol. The highest BCUT2D eigenvalue weighted by Gasteiger charge is 2.34. The molecule has 140 valence electrons. The second-order valence-corrected chi connectivity index (χ2v) is 7.50. The van der Waals surface area contributed by atoms with Crippen LogP contribution in [0.1, 0.15) is 17.2 Å². The minimum Gasteiger partial charge on any atom is -0.439 e. The number of hydrogen-bond acceptors (Lipinski definition) is 5. The molecule has 8 heteroatoms. The Hall–Kier alpha value is -2.97. The lowest BCUT2D eigenvalue weighted by Crippen LogP contribution is -2.39. The van der Waals surface area contributed by atoms with Crippen LogP contribution in [0.3, 0.4) is 0 Å². The van der Waals surface area contributed by atoms with Crippen LogP contribution in [-0.2, 0) is 19.6 Å². The van der Waals surface area contributed by atoms with Crippen molar-refractivity contribution >= 4 is 28.1 Å². The highest BCUT2D eigenvalue weighted by Crippen LogP contribution is 2.19. The molecule has 1 saturated heterocycles. The molecule has 1 aliphatic rings. The van der Waals surface area contributed by atoms with E-state index in [4.69, 9.17) is 4.74 Å². The third kappa shape index (κ3) is 5.02. The smallest absolute Gasteiger partial charge is 0.417 e. The van der Waals surface area contributed by atoms with E-state index in [1.807, 2.05) is 6.07 Å². The first-order valence-electron chi connectivity index (χ1n) is 8.22. The number of amides is 2. The van der Waals surface area contributed by atoms with Gasteiger partial charge in [-0.3, -0.25) is 4.79 Å². The predicted octanol–water partition coefficient (Wildman–Crippen LogP) is 2.30. The molecule has 1 atom stereocenters. The number of rotatable bonds is 7. The van der Waals surface area contributed by atoms with Crippen molar-refractivity contribution in [3.63, 3.8) is 0 Å². The van der Waals surface area contributed by atoms with Crippen LogP contribution in [0.15, 0.2) is 66.1 Å². The molecule has 7 nitrogen and oxygen atoms in total. The van der Waals surface area contributed by atoms with E-state index in [0.29, 0.717) is 5.56 Å². The number of ether oxygens (including phenoxy) is 1. The van der Waals surface area contributed by atoms with Crippen molar-refractivity contribution in [1.29, 1.82) is 0 Å². The zero-order chi connectivity index (χ0) is 19.3. The van der Waals surface area contributed by atoms with Gasteiger partial charge in [-0.05, 0) is 17.2 Å². The first kappa shape index (κ1) is 18.8. The predicted molar refractivity (Wildman–Crippen MR) is 99.8 cm³/mol. The van der Waals surface area contributed by atoms with Crippen LogP contribution in [0.5, 0.6) is 0 Å². The van der Waals surface area contributed by atoms with Crippen LogP contribution in [0.25, 0.3) is 6.08 Å². The quantitative estimate of drug-likeness (QED) is 0.788. The van der Waals surface area contributed by atoms with Crippen LogP contribution < -0.4 is 4.72 Å². The number of imide groups is 1. The number of carbonyl (C=O) groups excluding carboxylic acids is 2. The summed E-state index contributed by atoms with van der Waals surface area (Å²) in [6, 6.07) is 16.9. The molecular weight excluding hydrogens is 368 g/mol. The van der Waals surface area contributed by atoms with E-state index in [2.05, 4.69) is 4.72 Å². The summed E-state index contributed by atoms with van der Waals surface area (Å²) in [6.07, 6.45) is 0.694. The first-order chi connectivity index (χ1) is 12.9. The Kier molecular flexibility index (Phi) is 5.68. The Bertz CT molecular complexity index is 927. The van der Waals surface area contributed by atoms with E-state index in [-0.39, 0.29) is 13.2 Å². The molecule has 0 radical (unpaired) electrons. The van der Waals surface area contributed by atoms with Crippen LogP contribution in [0, 0.1) is 0 Å². The molecule has 2 amide bonds. The van der Waals surface area contributed by atoms with Crippen molar-refractivity contribution in [1.82, 2.24) is 9.62 Å². The van der Waals surface area contributed by atoms with Gasteiger partial charge < -0.3 is 4.74 Å². The van der Waals surface area contributed by atoms with Crippen molar-refractivity contribution in [2.45, 2.75) is 6.04 Å². The van der Waals surface area contributed by atoms with E-state index in [1.165, 1.54) is 6.08 Å². The summed E-state index contributed by atoms with van der Waals surface area (Å²) in [5.41, 5.74) is 1.36. The maximum atomic E-state index is 12.5. The summed E-state index contributed by atoms with van der Waals surface area (Å²) in [7, 11) is -3.82. The average Bonchev–Trinajstić information content (AvgIpc) is 2.99. The van der Waals surface area contributed by atoms with Crippen molar-refractivity contribution in [3.8, 4) is 0 Å². The minimum absolute atomic E-state index is 0.153. The van der Waals surface area contributed by atoms with Gasteiger partial charge in [0, 0.05) is 5.41 Å². The van der Waals surface area contributed by atoms with Gasteiger partial charge in [-0.25, -0.2) is 22.8 Å². The maximum Gasteiger partial charge on any atom is 0.417 e. The molecular formula is C19H18N2O5S. The van der Waals surface area contributed by atoms with E-state index in [0.717, 1.165) is 15.9 Å². The standard InChI is InChI=1S/C19H18N2O5S/c22-18-14-26-19(23)21(18)13-17(16-9-5-2-6-10-16)20-27(24,25)12-11-15-7-3-1-4-8-15/h1-12,17,20H,13-14H2/b12-11+/t17-/m1/s1. The van der Waals surface area contributed by atoms with Crippen molar-refractivity contribution in [2.75, 3.05) is 13.2 Å². The second kappa shape index (κ2) is 8.15. The molecule has 0 aromatic heterocycles. The number of nitrogens with zero attached hydrogens (tertiary/aromatic N) is 1. The van der Waals surface area contributed by atoms with E-state index < -0.39 is 28.1 Å². The number of benzene rings is 2.